The number of aromatic nitrogens is 1. The minimum atomic E-state index is 0.319. The number of methoxy groups -OCH3 is 1. The van der Waals surface area contributed by atoms with E-state index in [1.165, 1.54) is 5.56 Å². The molecule has 2 aromatic rings. The van der Waals surface area contributed by atoms with Gasteiger partial charge in [0, 0.05) is 29.9 Å². The first-order valence-corrected chi connectivity index (χ1v) is 6.39. The Kier molecular flexibility index (Phi) is 3.09. The Morgan fingerprint density at radius 1 is 1.32 bits per heavy atom. The molecule has 1 aliphatic carbocycles. The average molecular weight is 255 g/mol. The maximum Gasteiger partial charge on any atom is 0.130 e. The molecule has 1 heterocycles. The lowest BCUT2D eigenvalue weighted by molar-refractivity contribution is 0.415. The summed E-state index contributed by atoms with van der Waals surface area (Å²) in [6.07, 6.45) is 2.98. The van der Waals surface area contributed by atoms with Gasteiger partial charge in [0.25, 0.3) is 0 Å². The molecule has 1 aliphatic rings. The van der Waals surface area contributed by atoms with Gasteiger partial charge in [-0.2, -0.15) is 0 Å². The lowest BCUT2D eigenvalue weighted by Crippen LogP contribution is -2.01. The normalized spacial score (nSPS) is 20.9. The predicted molar refractivity (Wildman–Crippen MR) is 75.8 cm³/mol. The summed E-state index contributed by atoms with van der Waals surface area (Å²) in [5, 5.41) is 3.25. The molecule has 4 nitrogen and oxygen atoms in total. The number of rotatable bonds is 4. The third kappa shape index (κ3) is 2.69. The van der Waals surface area contributed by atoms with Crippen LogP contribution >= 0.6 is 0 Å². The van der Waals surface area contributed by atoms with E-state index in [2.05, 4.69) is 16.4 Å². The molecule has 1 aromatic carbocycles. The number of nitrogens with one attached hydrogen (secondary N) is 1. The quantitative estimate of drug-likeness (QED) is 0.881. The van der Waals surface area contributed by atoms with E-state index < -0.39 is 0 Å². The molecule has 2 atom stereocenters. The van der Waals surface area contributed by atoms with E-state index in [0.29, 0.717) is 12.0 Å². The van der Waals surface area contributed by atoms with Gasteiger partial charge in [0.1, 0.15) is 11.6 Å². The minimum Gasteiger partial charge on any atom is -0.497 e. The van der Waals surface area contributed by atoms with Gasteiger partial charge in [-0.05, 0) is 30.2 Å². The zero-order valence-corrected chi connectivity index (χ0v) is 10.8. The second kappa shape index (κ2) is 4.90. The van der Waals surface area contributed by atoms with Crippen LogP contribution in [0.3, 0.4) is 0 Å². The Hall–Kier alpha value is -2.07. The lowest BCUT2D eigenvalue weighted by atomic mass is 10.2. The van der Waals surface area contributed by atoms with Crippen LogP contribution in [0.2, 0.25) is 0 Å². The van der Waals surface area contributed by atoms with Gasteiger partial charge in [0.2, 0.25) is 0 Å². The average Bonchev–Trinajstić information content (AvgIpc) is 3.17. The molecule has 0 amide bonds. The van der Waals surface area contributed by atoms with Crippen molar-refractivity contribution in [1.29, 1.82) is 0 Å². The lowest BCUT2D eigenvalue weighted by Gasteiger charge is -2.08. The van der Waals surface area contributed by atoms with Crippen molar-refractivity contribution in [2.75, 3.05) is 12.4 Å². The van der Waals surface area contributed by atoms with Crippen LogP contribution in [0.15, 0.2) is 42.6 Å². The second-order valence-corrected chi connectivity index (χ2v) is 4.84. The Bertz CT molecular complexity index is 568. The number of ether oxygens (including phenoxy) is 1. The Balaban J connectivity index is 1.72. The molecule has 0 spiro atoms. The summed E-state index contributed by atoms with van der Waals surface area (Å²) in [7, 11) is 1.66. The first-order chi connectivity index (χ1) is 9.26. The van der Waals surface area contributed by atoms with Crippen LogP contribution in [0.1, 0.15) is 17.9 Å². The standard InChI is InChI=1S/C15H17N3O/c1-19-12-4-2-3-11(7-12)18-15-6-5-10(9-17-15)13-8-14(13)16/h2-7,9,13-14H,8,16H2,1H3,(H,17,18)/t13-,14+/m0/s1. The zero-order chi connectivity index (χ0) is 13.2. The van der Waals surface area contributed by atoms with Crippen molar-refractivity contribution in [3.05, 3.63) is 48.2 Å². The molecule has 4 heteroatoms. The highest BCUT2D eigenvalue weighted by Gasteiger charge is 2.34. The minimum absolute atomic E-state index is 0.319. The molecule has 0 aliphatic heterocycles. The number of nitrogens with zero attached hydrogens (tertiary/aromatic N) is 1. The molecular formula is C15H17N3O. The summed E-state index contributed by atoms with van der Waals surface area (Å²) in [5.41, 5.74) is 8.02. The van der Waals surface area contributed by atoms with E-state index in [0.717, 1.165) is 23.7 Å². The highest BCUT2D eigenvalue weighted by Crippen LogP contribution is 2.38. The summed E-state index contributed by atoms with van der Waals surface area (Å²) < 4.78 is 5.19. The van der Waals surface area contributed by atoms with Gasteiger partial charge in [0.05, 0.1) is 7.11 Å². The van der Waals surface area contributed by atoms with Crippen molar-refractivity contribution >= 4 is 11.5 Å². The molecule has 98 valence electrons. The van der Waals surface area contributed by atoms with Crippen LogP contribution in [-0.2, 0) is 0 Å². The highest BCUT2D eigenvalue weighted by molar-refractivity contribution is 5.58. The predicted octanol–water partition coefficient (Wildman–Crippen LogP) is 2.65. The maximum absolute atomic E-state index is 5.83. The Morgan fingerprint density at radius 3 is 2.79 bits per heavy atom. The summed E-state index contributed by atoms with van der Waals surface area (Å²) in [6.45, 7) is 0. The van der Waals surface area contributed by atoms with Crippen LogP contribution in [0.4, 0.5) is 11.5 Å². The van der Waals surface area contributed by atoms with Gasteiger partial charge in [-0.25, -0.2) is 4.98 Å². The molecule has 1 fully saturated rings. The van der Waals surface area contributed by atoms with E-state index in [-0.39, 0.29) is 0 Å². The smallest absolute Gasteiger partial charge is 0.130 e. The van der Waals surface area contributed by atoms with Gasteiger partial charge in [-0.3, -0.25) is 0 Å². The number of anilines is 2. The van der Waals surface area contributed by atoms with E-state index >= 15 is 0 Å². The molecule has 1 saturated carbocycles. The van der Waals surface area contributed by atoms with Crippen LogP contribution in [0.25, 0.3) is 0 Å². The third-order valence-electron chi connectivity index (χ3n) is 3.40. The number of nitrogens with two attached hydrogens (primary N) is 1. The zero-order valence-electron chi connectivity index (χ0n) is 10.8. The van der Waals surface area contributed by atoms with Gasteiger partial charge in [-0.15, -0.1) is 0 Å². The van der Waals surface area contributed by atoms with Crippen LogP contribution in [0.5, 0.6) is 5.75 Å². The van der Waals surface area contributed by atoms with Crippen LogP contribution in [0, 0.1) is 0 Å². The molecule has 0 bridgehead atoms. The van der Waals surface area contributed by atoms with Crippen molar-refractivity contribution in [3.63, 3.8) is 0 Å². The molecule has 0 unspecified atom stereocenters. The molecule has 1 aromatic heterocycles. The number of hydrogen-bond donors (Lipinski definition) is 2. The van der Waals surface area contributed by atoms with Gasteiger partial charge in [-0.1, -0.05) is 12.1 Å². The summed E-state index contributed by atoms with van der Waals surface area (Å²) >= 11 is 0. The number of pyridine rings is 1. The van der Waals surface area contributed by atoms with E-state index in [4.69, 9.17) is 10.5 Å². The van der Waals surface area contributed by atoms with Crippen molar-refractivity contribution in [3.8, 4) is 5.75 Å². The van der Waals surface area contributed by atoms with Crippen molar-refractivity contribution in [2.45, 2.75) is 18.4 Å². The fourth-order valence-corrected chi connectivity index (χ4v) is 2.15. The fraction of sp³-hybridized carbons (Fsp3) is 0.267. The van der Waals surface area contributed by atoms with Crippen molar-refractivity contribution in [2.24, 2.45) is 5.73 Å². The first kappa shape index (κ1) is 12.0. The second-order valence-electron chi connectivity index (χ2n) is 4.84. The number of hydrogen-bond acceptors (Lipinski definition) is 4. The van der Waals surface area contributed by atoms with E-state index in [1.807, 2.05) is 36.5 Å². The molecular weight excluding hydrogens is 238 g/mol. The Labute approximate surface area is 112 Å². The van der Waals surface area contributed by atoms with E-state index in [9.17, 15) is 0 Å². The summed E-state index contributed by atoms with van der Waals surface area (Å²) in [5.74, 6) is 2.15. The summed E-state index contributed by atoms with van der Waals surface area (Å²) in [6, 6.07) is 12.2. The topological polar surface area (TPSA) is 60.2 Å². The maximum atomic E-state index is 5.83. The molecule has 0 saturated heterocycles. The van der Waals surface area contributed by atoms with Gasteiger partial charge >= 0.3 is 0 Å². The highest BCUT2D eigenvalue weighted by atomic mass is 16.5. The molecule has 19 heavy (non-hydrogen) atoms. The van der Waals surface area contributed by atoms with Crippen molar-refractivity contribution in [1.82, 2.24) is 4.98 Å². The monoisotopic (exact) mass is 255 g/mol. The largest absolute Gasteiger partial charge is 0.497 e. The summed E-state index contributed by atoms with van der Waals surface area (Å²) in [4.78, 5) is 4.42. The molecule has 3 rings (SSSR count). The Morgan fingerprint density at radius 2 is 2.16 bits per heavy atom. The SMILES string of the molecule is COc1cccc(Nc2ccc([C@@H]3C[C@H]3N)cn2)c1. The van der Waals surface area contributed by atoms with Crippen molar-refractivity contribution < 1.29 is 4.74 Å². The first-order valence-electron chi connectivity index (χ1n) is 6.39. The van der Waals surface area contributed by atoms with E-state index in [1.54, 1.807) is 7.11 Å². The van der Waals surface area contributed by atoms with Crippen LogP contribution < -0.4 is 15.8 Å². The molecule has 3 N–H and O–H groups in total. The third-order valence-corrected chi connectivity index (χ3v) is 3.40. The van der Waals surface area contributed by atoms with Gasteiger partial charge < -0.3 is 15.8 Å². The number of benzene rings is 1. The van der Waals surface area contributed by atoms with Crippen LogP contribution in [-0.4, -0.2) is 18.1 Å². The van der Waals surface area contributed by atoms with Gasteiger partial charge in [0.15, 0.2) is 0 Å². The molecule has 0 radical (unpaired) electrons. The fourth-order valence-electron chi connectivity index (χ4n) is 2.15.